The molecule has 2 bridgehead atoms. The van der Waals surface area contributed by atoms with Crippen LogP contribution in [-0.4, -0.2) is 38.1 Å². The van der Waals surface area contributed by atoms with Crippen LogP contribution in [0.25, 0.3) is 0 Å². The Morgan fingerprint density at radius 2 is 1.69 bits per heavy atom. The molecule has 36 heavy (non-hydrogen) atoms. The zero-order valence-electron chi connectivity index (χ0n) is 20.4. The fraction of sp³-hybridized carbons (Fsp3) is 0.259. The van der Waals surface area contributed by atoms with E-state index in [9.17, 15) is 4.79 Å². The Hall–Kier alpha value is -3.98. The molecule has 1 saturated heterocycles. The van der Waals surface area contributed by atoms with Gasteiger partial charge in [0.1, 0.15) is 28.9 Å². The molecule has 5 rings (SSSR count). The normalized spacial score (nSPS) is 22.0. The largest absolute Gasteiger partial charge is 0.497 e. The predicted molar refractivity (Wildman–Crippen MR) is 141 cm³/mol. The number of methoxy groups -OCH3 is 3. The van der Waals surface area contributed by atoms with Crippen LogP contribution in [0.2, 0.25) is 0 Å². The van der Waals surface area contributed by atoms with Gasteiger partial charge in [0.15, 0.2) is 10.8 Å². The average Bonchev–Trinajstić information content (AvgIpc) is 2.88. The first kappa shape index (κ1) is 23.7. The summed E-state index contributed by atoms with van der Waals surface area (Å²) in [7, 11) is 4.80. The van der Waals surface area contributed by atoms with Crippen molar-refractivity contribution < 1.29 is 23.7 Å². The number of rotatable bonds is 6. The van der Waals surface area contributed by atoms with Crippen molar-refractivity contribution in [2.45, 2.75) is 18.7 Å². The summed E-state index contributed by atoms with van der Waals surface area (Å²) in [6, 6.07) is 19.8. The predicted octanol–water partition coefficient (Wildman–Crippen LogP) is 4.51. The first-order valence-corrected chi connectivity index (χ1v) is 11.9. The van der Waals surface area contributed by atoms with Crippen molar-refractivity contribution >= 4 is 34.6 Å². The number of ether oxygens (including phenoxy) is 4. The van der Waals surface area contributed by atoms with E-state index in [1.807, 2.05) is 54.3 Å². The third-order valence-corrected chi connectivity index (χ3v) is 6.97. The Bertz CT molecular complexity index is 1320. The van der Waals surface area contributed by atoms with Gasteiger partial charge in [-0.15, -0.1) is 0 Å². The number of carbonyl (C=O) groups excluding carboxylic acids is 1. The SMILES string of the molecule is COc1ccc(NC(=O)[C@@H]2[C@@H]3NC(=S)N(c4ccccc4OC)[C@@]2(C)Oc2ccc(OC)cc23)cc1. The molecule has 8 nitrogen and oxygen atoms in total. The molecule has 0 spiro atoms. The number of nitrogens with one attached hydrogen (secondary N) is 2. The Balaban J connectivity index is 1.62. The molecule has 3 aromatic rings. The number of benzene rings is 3. The monoisotopic (exact) mass is 505 g/mol. The van der Waals surface area contributed by atoms with Crippen LogP contribution < -0.4 is 34.5 Å². The van der Waals surface area contributed by atoms with Crippen LogP contribution in [-0.2, 0) is 4.79 Å². The highest BCUT2D eigenvalue weighted by Gasteiger charge is 2.59. The van der Waals surface area contributed by atoms with Crippen molar-refractivity contribution in [2.75, 3.05) is 31.5 Å². The summed E-state index contributed by atoms with van der Waals surface area (Å²) in [5, 5.41) is 6.87. The maximum Gasteiger partial charge on any atom is 0.236 e. The van der Waals surface area contributed by atoms with E-state index in [0.717, 1.165) is 5.56 Å². The fourth-order valence-electron chi connectivity index (χ4n) is 4.96. The van der Waals surface area contributed by atoms with Gasteiger partial charge in [0.2, 0.25) is 5.91 Å². The summed E-state index contributed by atoms with van der Waals surface area (Å²) >= 11 is 5.83. The highest BCUT2D eigenvalue weighted by atomic mass is 32.1. The summed E-state index contributed by atoms with van der Waals surface area (Å²) in [6.45, 7) is 1.88. The van der Waals surface area contributed by atoms with Crippen LogP contribution in [0, 0.1) is 5.92 Å². The molecule has 1 fully saturated rings. The maximum atomic E-state index is 13.9. The molecule has 2 aliphatic heterocycles. The van der Waals surface area contributed by atoms with Crippen LogP contribution in [0.4, 0.5) is 11.4 Å². The zero-order valence-corrected chi connectivity index (χ0v) is 21.2. The summed E-state index contributed by atoms with van der Waals surface area (Å²) in [6.07, 6.45) is 0. The van der Waals surface area contributed by atoms with Crippen LogP contribution in [0.1, 0.15) is 18.5 Å². The molecule has 3 aromatic carbocycles. The summed E-state index contributed by atoms with van der Waals surface area (Å²) in [5.74, 6) is 1.70. The topological polar surface area (TPSA) is 81.3 Å². The van der Waals surface area contributed by atoms with Crippen molar-refractivity contribution in [2.24, 2.45) is 5.92 Å². The van der Waals surface area contributed by atoms with Crippen molar-refractivity contribution in [3.8, 4) is 23.0 Å². The Kier molecular flexibility index (Phi) is 6.09. The van der Waals surface area contributed by atoms with Gasteiger partial charge in [-0.05, 0) is 73.7 Å². The standard InChI is InChI=1S/C27H27N3O5S/c1-27-23(25(31)28-16-9-11-17(32-2)12-10-16)24(19-15-18(33-3)13-14-21(19)35-27)29-26(36)30(27)20-7-5-6-8-22(20)34-4/h5-15,23-24H,1-4H3,(H,28,31)(H,29,36)/t23-,24+,27-/m0/s1. The lowest BCUT2D eigenvalue weighted by atomic mass is 9.78. The third kappa shape index (κ3) is 3.85. The van der Waals surface area contributed by atoms with Crippen molar-refractivity contribution in [1.29, 1.82) is 0 Å². The number of carbonyl (C=O) groups is 1. The molecule has 2 aliphatic rings. The molecule has 9 heteroatoms. The van der Waals surface area contributed by atoms with Gasteiger partial charge in [0.05, 0.1) is 33.1 Å². The second kappa shape index (κ2) is 9.23. The summed E-state index contributed by atoms with van der Waals surface area (Å²) in [4.78, 5) is 15.8. The van der Waals surface area contributed by atoms with Crippen LogP contribution in [0.3, 0.4) is 0 Å². The molecule has 0 radical (unpaired) electrons. The van der Waals surface area contributed by atoms with Gasteiger partial charge in [-0.1, -0.05) is 12.1 Å². The Labute approximate surface area is 215 Å². The molecule has 2 N–H and O–H groups in total. The van der Waals surface area contributed by atoms with Crippen LogP contribution in [0.5, 0.6) is 23.0 Å². The number of hydrogen-bond acceptors (Lipinski definition) is 6. The van der Waals surface area contributed by atoms with E-state index in [0.29, 0.717) is 39.5 Å². The lowest BCUT2D eigenvalue weighted by Crippen LogP contribution is -2.72. The van der Waals surface area contributed by atoms with Crippen molar-refractivity contribution in [1.82, 2.24) is 5.32 Å². The first-order valence-electron chi connectivity index (χ1n) is 11.4. The quantitative estimate of drug-likeness (QED) is 0.474. The van der Waals surface area contributed by atoms with Crippen LogP contribution >= 0.6 is 12.2 Å². The Morgan fingerprint density at radius 3 is 2.39 bits per heavy atom. The molecule has 1 amide bonds. The summed E-state index contributed by atoms with van der Waals surface area (Å²) < 4.78 is 23.0. The van der Waals surface area contributed by atoms with Gasteiger partial charge in [-0.2, -0.15) is 0 Å². The number of amides is 1. The smallest absolute Gasteiger partial charge is 0.236 e. The lowest BCUT2D eigenvalue weighted by molar-refractivity contribution is -0.130. The van der Waals surface area contributed by atoms with E-state index in [-0.39, 0.29) is 5.91 Å². The van der Waals surface area contributed by atoms with Gasteiger partial charge >= 0.3 is 0 Å². The molecule has 0 saturated carbocycles. The second-order valence-corrected chi connectivity index (χ2v) is 9.08. The lowest BCUT2D eigenvalue weighted by Gasteiger charge is -2.56. The number of hydrogen-bond donors (Lipinski definition) is 2. The maximum absolute atomic E-state index is 13.9. The summed E-state index contributed by atoms with van der Waals surface area (Å²) in [5.41, 5.74) is 0.964. The second-order valence-electron chi connectivity index (χ2n) is 8.69. The highest BCUT2D eigenvalue weighted by molar-refractivity contribution is 7.80. The van der Waals surface area contributed by atoms with E-state index in [1.54, 1.807) is 45.6 Å². The number of anilines is 2. The minimum absolute atomic E-state index is 0.226. The van der Waals surface area contributed by atoms with Gasteiger partial charge in [-0.25, -0.2) is 0 Å². The number of para-hydroxylation sites is 2. The zero-order chi connectivity index (χ0) is 25.4. The van der Waals surface area contributed by atoms with Gasteiger partial charge in [0.25, 0.3) is 0 Å². The Morgan fingerprint density at radius 1 is 1.00 bits per heavy atom. The van der Waals surface area contributed by atoms with E-state index in [4.69, 9.17) is 31.2 Å². The number of nitrogens with zero attached hydrogens (tertiary/aromatic N) is 1. The fourth-order valence-corrected chi connectivity index (χ4v) is 5.37. The van der Waals surface area contributed by atoms with E-state index < -0.39 is 17.7 Å². The molecule has 186 valence electrons. The van der Waals surface area contributed by atoms with Gasteiger partial charge < -0.3 is 29.6 Å². The van der Waals surface area contributed by atoms with Crippen molar-refractivity contribution in [3.05, 3.63) is 72.3 Å². The average molecular weight is 506 g/mol. The van der Waals surface area contributed by atoms with Gasteiger partial charge in [0, 0.05) is 11.3 Å². The molecule has 2 heterocycles. The minimum atomic E-state index is -1.17. The number of thiocarbonyl (C=S) groups is 1. The third-order valence-electron chi connectivity index (χ3n) is 6.67. The van der Waals surface area contributed by atoms with E-state index in [2.05, 4.69) is 10.6 Å². The van der Waals surface area contributed by atoms with E-state index in [1.165, 1.54) is 0 Å². The first-order chi connectivity index (χ1) is 17.4. The van der Waals surface area contributed by atoms with Crippen molar-refractivity contribution in [3.63, 3.8) is 0 Å². The minimum Gasteiger partial charge on any atom is -0.497 e. The van der Waals surface area contributed by atoms with Gasteiger partial charge in [-0.3, -0.25) is 9.69 Å². The van der Waals surface area contributed by atoms with Crippen LogP contribution in [0.15, 0.2) is 66.7 Å². The molecule has 0 aromatic heterocycles. The van der Waals surface area contributed by atoms with E-state index >= 15 is 0 Å². The molecule has 0 aliphatic carbocycles. The number of fused-ring (bicyclic) bond motifs is 4. The molecular weight excluding hydrogens is 478 g/mol. The highest BCUT2D eigenvalue weighted by Crippen LogP contribution is 2.51. The molecule has 3 atom stereocenters. The molecule has 0 unspecified atom stereocenters. The molecular formula is C27H27N3O5S.